The van der Waals surface area contributed by atoms with Crippen molar-refractivity contribution in [3.8, 4) is 0 Å². The van der Waals surface area contributed by atoms with E-state index in [1.807, 2.05) is 0 Å². The van der Waals surface area contributed by atoms with Gasteiger partial charge in [-0.05, 0) is 0 Å². The van der Waals surface area contributed by atoms with Crippen LogP contribution in [0.15, 0.2) is 12.2 Å². The summed E-state index contributed by atoms with van der Waals surface area (Å²) >= 11 is 0. The number of ether oxygens (including phenoxy) is 1. The highest BCUT2D eigenvalue weighted by Gasteiger charge is 2.24. The van der Waals surface area contributed by atoms with Gasteiger partial charge >= 0.3 is 0 Å². The van der Waals surface area contributed by atoms with E-state index in [9.17, 15) is 0 Å². The van der Waals surface area contributed by atoms with Gasteiger partial charge in [-0.1, -0.05) is 26.0 Å². The van der Waals surface area contributed by atoms with Crippen LogP contribution in [0.4, 0.5) is 0 Å². The maximum absolute atomic E-state index is 5.27. The van der Waals surface area contributed by atoms with Crippen LogP contribution in [0.3, 0.4) is 0 Å². The molecule has 1 nitrogen and oxygen atoms in total. The van der Waals surface area contributed by atoms with Gasteiger partial charge < -0.3 is 4.74 Å². The molecule has 0 radical (unpaired) electrons. The van der Waals surface area contributed by atoms with Crippen molar-refractivity contribution in [1.82, 2.24) is 0 Å². The van der Waals surface area contributed by atoms with Gasteiger partial charge in [-0.2, -0.15) is 0 Å². The zero-order valence-electron chi connectivity index (χ0n) is 6.29. The van der Waals surface area contributed by atoms with Crippen molar-refractivity contribution in [3.63, 3.8) is 0 Å². The number of hydrogen-bond acceptors (Lipinski definition) is 1. The average molecular weight is 126 g/mol. The van der Waals surface area contributed by atoms with E-state index in [2.05, 4.69) is 26.0 Å². The van der Waals surface area contributed by atoms with Gasteiger partial charge in [0.2, 0.25) is 0 Å². The molecule has 2 unspecified atom stereocenters. The summed E-state index contributed by atoms with van der Waals surface area (Å²) < 4.78 is 5.27. The molecule has 0 bridgehead atoms. The Hall–Kier alpha value is -0.300. The monoisotopic (exact) mass is 126 g/mol. The molecule has 1 aliphatic carbocycles. The number of rotatable bonds is 1. The van der Waals surface area contributed by atoms with Crippen molar-refractivity contribution in [2.24, 2.45) is 11.8 Å². The van der Waals surface area contributed by atoms with Crippen LogP contribution < -0.4 is 0 Å². The van der Waals surface area contributed by atoms with Gasteiger partial charge in [0, 0.05) is 18.9 Å². The van der Waals surface area contributed by atoms with Gasteiger partial charge in [0.25, 0.3) is 0 Å². The van der Waals surface area contributed by atoms with Crippen molar-refractivity contribution in [2.75, 3.05) is 7.11 Å². The molecule has 9 heavy (non-hydrogen) atoms. The highest BCUT2D eigenvalue weighted by Crippen LogP contribution is 2.25. The summed E-state index contributed by atoms with van der Waals surface area (Å²) in [6, 6.07) is 0. The molecule has 0 N–H and O–H groups in total. The lowest BCUT2D eigenvalue weighted by Gasteiger charge is -2.17. The quantitative estimate of drug-likeness (QED) is 0.487. The van der Waals surface area contributed by atoms with Crippen molar-refractivity contribution >= 4 is 0 Å². The summed E-state index contributed by atoms with van der Waals surface area (Å²) in [7, 11) is 1.78. The van der Waals surface area contributed by atoms with E-state index in [4.69, 9.17) is 4.74 Å². The van der Waals surface area contributed by atoms with Gasteiger partial charge in [-0.3, -0.25) is 0 Å². The molecule has 52 valence electrons. The SMILES string of the molecule is COC1C(C)C=CC1C. The molecule has 0 spiro atoms. The summed E-state index contributed by atoms with van der Waals surface area (Å²) in [5.41, 5.74) is 0. The fourth-order valence-corrected chi connectivity index (χ4v) is 1.48. The van der Waals surface area contributed by atoms with Gasteiger partial charge in [0.05, 0.1) is 6.10 Å². The van der Waals surface area contributed by atoms with Gasteiger partial charge in [-0.25, -0.2) is 0 Å². The fourth-order valence-electron chi connectivity index (χ4n) is 1.48. The van der Waals surface area contributed by atoms with E-state index in [1.54, 1.807) is 7.11 Å². The molecule has 0 amide bonds. The minimum absolute atomic E-state index is 0.421. The van der Waals surface area contributed by atoms with Gasteiger partial charge in [-0.15, -0.1) is 0 Å². The average Bonchev–Trinajstić information content (AvgIpc) is 2.12. The Morgan fingerprint density at radius 3 is 1.78 bits per heavy atom. The van der Waals surface area contributed by atoms with Crippen molar-refractivity contribution < 1.29 is 4.74 Å². The minimum atomic E-state index is 0.421. The van der Waals surface area contributed by atoms with Crippen molar-refractivity contribution in [3.05, 3.63) is 12.2 Å². The molecule has 1 rings (SSSR count). The zero-order chi connectivity index (χ0) is 6.85. The molecule has 2 atom stereocenters. The number of methoxy groups -OCH3 is 1. The van der Waals surface area contributed by atoms with E-state index in [0.29, 0.717) is 17.9 Å². The predicted molar refractivity (Wildman–Crippen MR) is 38.3 cm³/mol. The highest BCUT2D eigenvalue weighted by atomic mass is 16.5. The normalized spacial score (nSPS) is 41.9. The van der Waals surface area contributed by atoms with Crippen molar-refractivity contribution in [2.45, 2.75) is 20.0 Å². The topological polar surface area (TPSA) is 9.23 Å². The largest absolute Gasteiger partial charge is 0.380 e. The molecule has 0 saturated heterocycles. The molecule has 0 aromatic carbocycles. The minimum Gasteiger partial charge on any atom is -0.380 e. The Labute approximate surface area is 56.7 Å². The summed E-state index contributed by atoms with van der Waals surface area (Å²) in [4.78, 5) is 0. The summed E-state index contributed by atoms with van der Waals surface area (Å²) in [6.07, 6.45) is 4.86. The van der Waals surface area contributed by atoms with Crippen LogP contribution in [0.5, 0.6) is 0 Å². The molecule has 0 aromatic heterocycles. The third-order valence-corrected chi connectivity index (χ3v) is 2.03. The van der Waals surface area contributed by atoms with E-state index in [1.165, 1.54) is 0 Å². The molecule has 0 aliphatic heterocycles. The Morgan fingerprint density at radius 1 is 1.11 bits per heavy atom. The first kappa shape index (κ1) is 6.81. The van der Waals surface area contributed by atoms with Crippen LogP contribution in [0, 0.1) is 11.8 Å². The standard InChI is InChI=1S/C8H14O/c1-6-4-5-7(2)8(6)9-3/h4-8H,1-3H3. The van der Waals surface area contributed by atoms with E-state index in [0.717, 1.165) is 0 Å². The third-order valence-electron chi connectivity index (χ3n) is 2.03. The van der Waals surface area contributed by atoms with E-state index >= 15 is 0 Å². The Balaban J connectivity index is 2.53. The van der Waals surface area contributed by atoms with Crippen LogP contribution in [0.25, 0.3) is 0 Å². The van der Waals surface area contributed by atoms with Crippen LogP contribution >= 0.6 is 0 Å². The fraction of sp³-hybridized carbons (Fsp3) is 0.750. The summed E-state index contributed by atoms with van der Waals surface area (Å²) in [6.45, 7) is 4.38. The second-order valence-electron chi connectivity index (χ2n) is 2.80. The van der Waals surface area contributed by atoms with Crippen LogP contribution in [-0.4, -0.2) is 13.2 Å². The van der Waals surface area contributed by atoms with E-state index < -0.39 is 0 Å². The molecule has 1 heteroatoms. The first-order valence-electron chi connectivity index (χ1n) is 3.47. The molecule has 1 aliphatic rings. The maximum atomic E-state index is 5.27. The first-order chi connectivity index (χ1) is 4.25. The smallest absolute Gasteiger partial charge is 0.0691 e. The molecule has 0 aromatic rings. The lowest BCUT2D eigenvalue weighted by atomic mass is 10.0. The second-order valence-corrected chi connectivity index (χ2v) is 2.80. The third kappa shape index (κ3) is 1.16. The van der Waals surface area contributed by atoms with Crippen LogP contribution in [0.2, 0.25) is 0 Å². The Morgan fingerprint density at radius 2 is 1.56 bits per heavy atom. The molecular formula is C8H14O. The van der Waals surface area contributed by atoms with Crippen LogP contribution in [0.1, 0.15) is 13.8 Å². The first-order valence-corrected chi connectivity index (χ1v) is 3.47. The van der Waals surface area contributed by atoms with Crippen LogP contribution in [-0.2, 0) is 4.74 Å². The Bertz CT molecular complexity index is 106. The van der Waals surface area contributed by atoms with Crippen molar-refractivity contribution in [1.29, 1.82) is 0 Å². The molecule has 0 saturated carbocycles. The zero-order valence-corrected chi connectivity index (χ0v) is 6.29. The molecule has 0 heterocycles. The lowest BCUT2D eigenvalue weighted by molar-refractivity contribution is 0.0565. The maximum Gasteiger partial charge on any atom is 0.0691 e. The summed E-state index contributed by atoms with van der Waals surface area (Å²) in [5, 5.41) is 0. The summed E-state index contributed by atoms with van der Waals surface area (Å²) in [5.74, 6) is 1.20. The lowest BCUT2D eigenvalue weighted by Crippen LogP contribution is -2.20. The second kappa shape index (κ2) is 2.53. The predicted octanol–water partition coefficient (Wildman–Crippen LogP) is 1.84. The van der Waals surface area contributed by atoms with Gasteiger partial charge in [0.1, 0.15) is 0 Å². The molecule has 0 fully saturated rings. The highest BCUT2D eigenvalue weighted by molar-refractivity contribution is 5.04. The Kier molecular flexibility index (Phi) is 1.91. The van der Waals surface area contributed by atoms with E-state index in [-0.39, 0.29) is 0 Å². The molecular weight excluding hydrogens is 112 g/mol. The number of hydrogen-bond donors (Lipinski definition) is 0. The van der Waals surface area contributed by atoms with Gasteiger partial charge in [0.15, 0.2) is 0 Å².